The van der Waals surface area contributed by atoms with Gasteiger partial charge in [-0.2, -0.15) is 0 Å². The van der Waals surface area contributed by atoms with Gasteiger partial charge >= 0.3 is 0 Å². The number of hydrogen-bond donors (Lipinski definition) is 3. The summed E-state index contributed by atoms with van der Waals surface area (Å²) in [5.74, 6) is -0.116. The van der Waals surface area contributed by atoms with Gasteiger partial charge in [0.05, 0.1) is 22.4 Å². The van der Waals surface area contributed by atoms with Crippen molar-refractivity contribution in [2.45, 2.75) is 6.92 Å². The van der Waals surface area contributed by atoms with E-state index in [0.717, 1.165) is 33.8 Å². The molecule has 6 nitrogen and oxygen atoms in total. The molecule has 0 saturated carbocycles. The van der Waals surface area contributed by atoms with E-state index in [9.17, 15) is 4.79 Å². The SMILES string of the molecule is CC(=O)Nc1ccc2nc(-c3ccc[nH]3)c(-c3ccc[nH]3)nc2c1. The molecule has 0 saturated heterocycles. The molecule has 0 aliphatic heterocycles. The summed E-state index contributed by atoms with van der Waals surface area (Å²) >= 11 is 0. The lowest BCUT2D eigenvalue weighted by Crippen LogP contribution is -2.05. The van der Waals surface area contributed by atoms with Crippen molar-refractivity contribution in [3.8, 4) is 22.8 Å². The molecule has 24 heavy (non-hydrogen) atoms. The maximum absolute atomic E-state index is 11.3. The van der Waals surface area contributed by atoms with E-state index in [0.29, 0.717) is 5.69 Å². The third kappa shape index (κ3) is 2.54. The predicted octanol–water partition coefficient (Wildman–Crippen LogP) is 3.58. The standard InChI is InChI=1S/C18H15N5O/c1-11(24)21-12-6-7-13-16(10-12)23-18(15-5-3-9-20-15)17(22-13)14-4-2-8-19-14/h2-10,19-20H,1H3,(H,21,24). The lowest BCUT2D eigenvalue weighted by molar-refractivity contribution is -0.114. The molecule has 0 radical (unpaired) electrons. The van der Waals surface area contributed by atoms with Crippen LogP contribution in [0.2, 0.25) is 0 Å². The number of anilines is 1. The van der Waals surface area contributed by atoms with Crippen molar-refractivity contribution in [2.24, 2.45) is 0 Å². The summed E-state index contributed by atoms with van der Waals surface area (Å²) in [6.07, 6.45) is 3.72. The number of nitrogens with zero attached hydrogens (tertiary/aromatic N) is 2. The average Bonchev–Trinajstić information content (AvgIpc) is 3.26. The zero-order chi connectivity index (χ0) is 16.5. The topological polar surface area (TPSA) is 86.5 Å². The van der Waals surface area contributed by atoms with E-state index < -0.39 is 0 Å². The largest absolute Gasteiger partial charge is 0.360 e. The quantitative estimate of drug-likeness (QED) is 0.540. The van der Waals surface area contributed by atoms with E-state index in [-0.39, 0.29) is 5.91 Å². The molecular weight excluding hydrogens is 302 g/mol. The Balaban J connectivity index is 1.94. The van der Waals surface area contributed by atoms with Crippen LogP contribution in [-0.4, -0.2) is 25.8 Å². The van der Waals surface area contributed by atoms with Crippen molar-refractivity contribution in [1.82, 2.24) is 19.9 Å². The number of carbonyl (C=O) groups excluding carboxylic acids is 1. The Bertz CT molecular complexity index is 1000. The van der Waals surface area contributed by atoms with Crippen LogP contribution in [0.4, 0.5) is 5.69 Å². The van der Waals surface area contributed by atoms with Crippen molar-refractivity contribution in [3.63, 3.8) is 0 Å². The first-order valence-corrected chi connectivity index (χ1v) is 7.57. The number of rotatable bonds is 3. The van der Waals surface area contributed by atoms with Crippen molar-refractivity contribution >= 4 is 22.6 Å². The van der Waals surface area contributed by atoms with Crippen LogP contribution in [0.1, 0.15) is 6.92 Å². The highest BCUT2D eigenvalue weighted by Gasteiger charge is 2.14. The second-order valence-electron chi connectivity index (χ2n) is 5.47. The Labute approximate surface area is 138 Å². The first-order valence-electron chi connectivity index (χ1n) is 7.57. The van der Waals surface area contributed by atoms with Crippen molar-refractivity contribution < 1.29 is 4.79 Å². The fourth-order valence-electron chi connectivity index (χ4n) is 2.67. The normalized spacial score (nSPS) is 10.9. The van der Waals surface area contributed by atoms with Gasteiger partial charge in [-0.3, -0.25) is 4.79 Å². The lowest BCUT2D eigenvalue weighted by atomic mass is 10.1. The number of carbonyl (C=O) groups is 1. The molecule has 118 valence electrons. The van der Waals surface area contributed by atoms with Gasteiger partial charge < -0.3 is 15.3 Å². The van der Waals surface area contributed by atoms with Gasteiger partial charge in [0, 0.05) is 25.0 Å². The molecule has 6 heteroatoms. The zero-order valence-electron chi connectivity index (χ0n) is 13.0. The first-order chi connectivity index (χ1) is 11.7. The lowest BCUT2D eigenvalue weighted by Gasteiger charge is -2.09. The number of amides is 1. The van der Waals surface area contributed by atoms with E-state index in [1.807, 2.05) is 54.9 Å². The zero-order valence-corrected chi connectivity index (χ0v) is 13.0. The molecule has 0 fully saturated rings. The van der Waals surface area contributed by atoms with Crippen LogP contribution in [0.25, 0.3) is 33.8 Å². The number of nitrogens with one attached hydrogen (secondary N) is 3. The number of benzene rings is 1. The molecule has 0 unspecified atom stereocenters. The molecule has 0 aliphatic rings. The summed E-state index contributed by atoms with van der Waals surface area (Å²) in [6, 6.07) is 13.3. The number of fused-ring (bicyclic) bond motifs is 1. The number of aromatic nitrogens is 4. The van der Waals surface area contributed by atoms with Gasteiger partial charge in [0.25, 0.3) is 0 Å². The van der Waals surface area contributed by atoms with Gasteiger partial charge in [0.15, 0.2) is 0 Å². The predicted molar refractivity (Wildman–Crippen MR) is 93.4 cm³/mol. The summed E-state index contributed by atoms with van der Waals surface area (Å²) in [6.45, 7) is 1.48. The van der Waals surface area contributed by atoms with E-state index in [1.165, 1.54) is 6.92 Å². The summed E-state index contributed by atoms with van der Waals surface area (Å²) in [4.78, 5) is 27.2. The van der Waals surface area contributed by atoms with Crippen LogP contribution in [0.3, 0.4) is 0 Å². The van der Waals surface area contributed by atoms with Crippen LogP contribution < -0.4 is 5.32 Å². The summed E-state index contributed by atoms with van der Waals surface area (Å²) in [7, 11) is 0. The molecule has 0 atom stereocenters. The Morgan fingerprint density at radius 3 is 2.08 bits per heavy atom. The Kier molecular flexibility index (Phi) is 3.35. The monoisotopic (exact) mass is 317 g/mol. The third-order valence-corrected chi connectivity index (χ3v) is 3.69. The van der Waals surface area contributed by atoms with Crippen molar-refractivity contribution in [1.29, 1.82) is 0 Å². The van der Waals surface area contributed by atoms with E-state index in [2.05, 4.69) is 15.3 Å². The van der Waals surface area contributed by atoms with E-state index >= 15 is 0 Å². The van der Waals surface area contributed by atoms with Gasteiger partial charge in [0.2, 0.25) is 5.91 Å². The van der Waals surface area contributed by atoms with Crippen molar-refractivity contribution in [2.75, 3.05) is 5.32 Å². The molecule has 0 spiro atoms. The third-order valence-electron chi connectivity index (χ3n) is 3.69. The maximum atomic E-state index is 11.3. The molecule has 3 aromatic heterocycles. The summed E-state index contributed by atoms with van der Waals surface area (Å²) in [5.41, 5.74) is 5.52. The molecule has 0 aliphatic carbocycles. The summed E-state index contributed by atoms with van der Waals surface area (Å²) < 4.78 is 0. The van der Waals surface area contributed by atoms with Crippen LogP contribution in [0.15, 0.2) is 54.9 Å². The molecule has 3 N–H and O–H groups in total. The van der Waals surface area contributed by atoms with Gasteiger partial charge in [-0.1, -0.05) is 0 Å². The molecule has 1 amide bonds. The second-order valence-corrected chi connectivity index (χ2v) is 5.47. The number of aromatic amines is 2. The summed E-state index contributed by atoms with van der Waals surface area (Å²) in [5, 5.41) is 2.77. The molecule has 0 bridgehead atoms. The molecule has 1 aromatic carbocycles. The molecular formula is C18H15N5O. The van der Waals surface area contributed by atoms with E-state index in [1.54, 1.807) is 0 Å². The van der Waals surface area contributed by atoms with Crippen LogP contribution in [-0.2, 0) is 4.79 Å². The van der Waals surface area contributed by atoms with Gasteiger partial charge in [-0.25, -0.2) is 9.97 Å². The molecule has 4 aromatic rings. The van der Waals surface area contributed by atoms with Gasteiger partial charge in [0.1, 0.15) is 11.4 Å². The van der Waals surface area contributed by atoms with Crippen molar-refractivity contribution in [3.05, 3.63) is 54.9 Å². The number of hydrogen-bond acceptors (Lipinski definition) is 3. The van der Waals surface area contributed by atoms with Gasteiger partial charge in [-0.05, 0) is 42.5 Å². The maximum Gasteiger partial charge on any atom is 0.221 e. The highest BCUT2D eigenvalue weighted by atomic mass is 16.1. The molecule has 3 heterocycles. The van der Waals surface area contributed by atoms with Crippen LogP contribution >= 0.6 is 0 Å². The highest BCUT2D eigenvalue weighted by molar-refractivity contribution is 5.92. The first kappa shape index (κ1) is 14.2. The Morgan fingerprint density at radius 1 is 0.917 bits per heavy atom. The smallest absolute Gasteiger partial charge is 0.221 e. The minimum atomic E-state index is -0.116. The average molecular weight is 317 g/mol. The number of H-pyrrole nitrogens is 2. The van der Waals surface area contributed by atoms with Crippen LogP contribution in [0.5, 0.6) is 0 Å². The minimum Gasteiger partial charge on any atom is -0.360 e. The van der Waals surface area contributed by atoms with Gasteiger partial charge in [-0.15, -0.1) is 0 Å². The minimum absolute atomic E-state index is 0.116. The van der Waals surface area contributed by atoms with Crippen LogP contribution in [0, 0.1) is 0 Å². The fraction of sp³-hybridized carbons (Fsp3) is 0.0556. The fourth-order valence-corrected chi connectivity index (χ4v) is 2.67. The Morgan fingerprint density at radius 2 is 1.54 bits per heavy atom. The van der Waals surface area contributed by atoms with E-state index in [4.69, 9.17) is 9.97 Å². The second kappa shape index (κ2) is 5.66. The Hall–Kier alpha value is -3.41. The molecule has 4 rings (SSSR count). The highest BCUT2D eigenvalue weighted by Crippen LogP contribution is 2.29.